The normalized spacial score (nSPS) is 12.6. The van der Waals surface area contributed by atoms with Gasteiger partial charge >= 0.3 is 0 Å². The van der Waals surface area contributed by atoms with Crippen LogP contribution in [-0.4, -0.2) is 6.54 Å². The van der Waals surface area contributed by atoms with Gasteiger partial charge in [-0.25, -0.2) is 0 Å². The fourth-order valence-corrected chi connectivity index (χ4v) is 3.40. The summed E-state index contributed by atoms with van der Waals surface area (Å²) in [5.41, 5.74) is 3.47. The molecule has 0 bridgehead atoms. The Morgan fingerprint density at radius 2 is 1.89 bits per heavy atom. The third kappa shape index (κ3) is 1.68. The molecule has 1 nitrogen and oxygen atoms in total. The van der Waals surface area contributed by atoms with Crippen LogP contribution in [-0.2, 0) is 0 Å². The quantitative estimate of drug-likeness (QED) is 0.696. The highest BCUT2D eigenvalue weighted by molar-refractivity contribution is 7.99. The summed E-state index contributed by atoms with van der Waals surface area (Å²) in [7, 11) is 0. The predicted molar refractivity (Wildman–Crippen MR) is 77.6 cm³/mol. The van der Waals surface area contributed by atoms with E-state index in [-0.39, 0.29) is 0 Å². The van der Waals surface area contributed by atoms with E-state index in [2.05, 4.69) is 54.1 Å². The number of nitrogens with zero attached hydrogens (tertiary/aromatic N) is 1. The molecule has 1 heterocycles. The minimum absolute atomic E-state index is 0.941. The number of hydrogen-bond acceptors (Lipinski definition) is 2. The van der Waals surface area contributed by atoms with Gasteiger partial charge in [0.15, 0.2) is 0 Å². The molecule has 1 aliphatic heterocycles. The molecule has 2 aromatic carbocycles. The third-order valence-corrected chi connectivity index (χ3v) is 4.22. The van der Waals surface area contributed by atoms with Crippen LogP contribution in [0.15, 0.2) is 52.3 Å². The van der Waals surface area contributed by atoms with Crippen LogP contribution in [0.1, 0.15) is 12.5 Å². The van der Waals surface area contributed by atoms with Crippen molar-refractivity contribution >= 4 is 23.1 Å². The molecule has 2 heteroatoms. The molecule has 0 unspecified atom stereocenters. The minimum atomic E-state index is 0.941. The molecule has 0 spiro atoms. The zero-order chi connectivity index (χ0) is 12.5. The first-order chi connectivity index (χ1) is 8.83. The molecule has 0 aromatic heterocycles. The molecular weight excluding hydrogens is 238 g/mol. The Morgan fingerprint density at radius 3 is 2.67 bits per heavy atom. The second-order valence-electron chi connectivity index (χ2n) is 4.14. The fourth-order valence-electron chi connectivity index (χ4n) is 2.26. The monoisotopic (exact) mass is 251 g/mol. The summed E-state index contributed by atoms with van der Waals surface area (Å²) in [5, 5.41) is 0. The van der Waals surface area contributed by atoms with Gasteiger partial charge in [-0.3, -0.25) is 0 Å². The van der Waals surface area contributed by atoms with Crippen LogP contribution in [0.3, 0.4) is 0 Å². The van der Waals surface area contributed by atoms with Crippen LogP contribution in [0.25, 0.3) is 0 Å². The molecule has 2 aromatic rings. The van der Waals surface area contributed by atoms with Gasteiger partial charge < -0.3 is 4.90 Å². The van der Waals surface area contributed by atoms with Crippen molar-refractivity contribution in [2.24, 2.45) is 0 Å². The average molecular weight is 251 g/mol. The second-order valence-corrected chi connectivity index (χ2v) is 5.22. The number of benzene rings is 2. The Kier molecular flexibility index (Phi) is 2.77. The number of hydrogen-bond donors (Lipinski definition) is 0. The highest BCUT2D eigenvalue weighted by Gasteiger charge is 2.21. The lowest BCUT2D eigenvalue weighted by molar-refractivity contribution is 0.979. The van der Waals surface area contributed by atoms with Gasteiger partial charge in [0, 0.05) is 21.9 Å². The first-order valence-electron chi connectivity index (χ1n) is 5.98. The molecular formula is C16H13NS. The van der Waals surface area contributed by atoms with Crippen LogP contribution in [0.5, 0.6) is 0 Å². The molecule has 18 heavy (non-hydrogen) atoms. The molecule has 88 valence electrons. The Morgan fingerprint density at radius 1 is 1.11 bits per heavy atom. The molecule has 0 radical (unpaired) electrons. The maximum absolute atomic E-state index is 5.47. The summed E-state index contributed by atoms with van der Waals surface area (Å²) in [6.07, 6.45) is 5.47. The molecule has 0 amide bonds. The van der Waals surface area contributed by atoms with Crippen molar-refractivity contribution in [1.82, 2.24) is 0 Å². The van der Waals surface area contributed by atoms with E-state index in [0.717, 1.165) is 12.1 Å². The van der Waals surface area contributed by atoms with Crippen molar-refractivity contribution in [3.05, 3.63) is 48.0 Å². The van der Waals surface area contributed by atoms with Crippen LogP contribution in [0.4, 0.5) is 11.4 Å². The van der Waals surface area contributed by atoms with Crippen molar-refractivity contribution in [3.8, 4) is 12.3 Å². The van der Waals surface area contributed by atoms with Gasteiger partial charge in [0.2, 0.25) is 0 Å². The predicted octanol–water partition coefficient (Wildman–Crippen LogP) is 4.29. The van der Waals surface area contributed by atoms with Crippen LogP contribution >= 0.6 is 11.8 Å². The van der Waals surface area contributed by atoms with Crippen LogP contribution < -0.4 is 4.90 Å². The summed E-state index contributed by atoms with van der Waals surface area (Å²) in [4.78, 5) is 4.87. The molecule has 0 atom stereocenters. The van der Waals surface area contributed by atoms with E-state index >= 15 is 0 Å². The maximum Gasteiger partial charge on any atom is 0.0553 e. The summed E-state index contributed by atoms with van der Waals surface area (Å²) in [6, 6.07) is 14.7. The summed E-state index contributed by atoms with van der Waals surface area (Å²) >= 11 is 1.79. The smallest absolute Gasteiger partial charge is 0.0553 e. The van der Waals surface area contributed by atoms with E-state index in [1.807, 2.05) is 6.07 Å². The lowest BCUT2D eigenvalue weighted by Crippen LogP contribution is -2.19. The van der Waals surface area contributed by atoms with E-state index in [1.165, 1.54) is 21.2 Å². The molecule has 3 rings (SSSR count). The second kappa shape index (κ2) is 4.44. The zero-order valence-corrected chi connectivity index (χ0v) is 11.0. The van der Waals surface area contributed by atoms with E-state index < -0.39 is 0 Å². The zero-order valence-electron chi connectivity index (χ0n) is 10.2. The number of anilines is 2. The first-order valence-corrected chi connectivity index (χ1v) is 6.80. The Labute approximate surface area is 112 Å². The molecule has 0 fully saturated rings. The van der Waals surface area contributed by atoms with Crippen molar-refractivity contribution in [3.63, 3.8) is 0 Å². The SMILES string of the molecule is C#Cc1ccc2c(c1)Sc1ccccc1N2CC. The van der Waals surface area contributed by atoms with Crippen molar-refractivity contribution in [2.45, 2.75) is 16.7 Å². The highest BCUT2D eigenvalue weighted by Crippen LogP contribution is 2.47. The van der Waals surface area contributed by atoms with E-state index in [1.54, 1.807) is 11.8 Å². The van der Waals surface area contributed by atoms with E-state index in [9.17, 15) is 0 Å². The lowest BCUT2D eigenvalue weighted by Gasteiger charge is -2.31. The number of para-hydroxylation sites is 1. The molecule has 0 saturated carbocycles. The van der Waals surface area contributed by atoms with Crippen molar-refractivity contribution in [1.29, 1.82) is 0 Å². The summed E-state index contributed by atoms with van der Waals surface area (Å²) < 4.78 is 0. The van der Waals surface area contributed by atoms with Gasteiger partial charge in [-0.1, -0.05) is 29.8 Å². The van der Waals surface area contributed by atoms with Gasteiger partial charge in [0.05, 0.1) is 11.4 Å². The Bertz CT molecular complexity index is 640. The van der Waals surface area contributed by atoms with Gasteiger partial charge in [-0.2, -0.15) is 0 Å². The average Bonchev–Trinajstić information content (AvgIpc) is 2.44. The topological polar surface area (TPSA) is 3.24 Å². The minimum Gasteiger partial charge on any atom is -0.340 e. The number of terminal acetylenes is 1. The highest BCUT2D eigenvalue weighted by atomic mass is 32.2. The van der Waals surface area contributed by atoms with Crippen molar-refractivity contribution < 1.29 is 0 Å². The number of rotatable bonds is 1. The van der Waals surface area contributed by atoms with Gasteiger partial charge in [0.25, 0.3) is 0 Å². The van der Waals surface area contributed by atoms with Gasteiger partial charge in [-0.05, 0) is 37.3 Å². The maximum atomic E-state index is 5.47. The lowest BCUT2D eigenvalue weighted by atomic mass is 10.1. The van der Waals surface area contributed by atoms with Gasteiger partial charge in [0.1, 0.15) is 0 Å². The third-order valence-electron chi connectivity index (χ3n) is 3.11. The number of fused-ring (bicyclic) bond motifs is 2. The first kappa shape index (κ1) is 11.3. The standard InChI is InChI=1S/C16H13NS/c1-3-12-9-10-14-16(11-12)18-15-8-6-5-7-13(15)17(14)4-2/h1,5-11H,4H2,2H3. The van der Waals surface area contributed by atoms with E-state index in [4.69, 9.17) is 6.42 Å². The molecule has 0 aliphatic carbocycles. The molecule has 0 saturated heterocycles. The molecule has 1 aliphatic rings. The van der Waals surface area contributed by atoms with Crippen molar-refractivity contribution in [2.75, 3.05) is 11.4 Å². The van der Waals surface area contributed by atoms with E-state index in [0.29, 0.717) is 0 Å². The Balaban J connectivity index is 2.17. The fraction of sp³-hybridized carbons (Fsp3) is 0.125. The van der Waals surface area contributed by atoms with Crippen LogP contribution in [0, 0.1) is 12.3 Å². The van der Waals surface area contributed by atoms with Gasteiger partial charge in [-0.15, -0.1) is 6.42 Å². The summed E-state index contributed by atoms with van der Waals surface area (Å²) in [6.45, 7) is 3.13. The Hall–Kier alpha value is -1.85. The molecule has 0 N–H and O–H groups in total. The largest absolute Gasteiger partial charge is 0.340 e. The van der Waals surface area contributed by atoms with Crippen LogP contribution in [0.2, 0.25) is 0 Å². The summed E-state index contributed by atoms with van der Waals surface area (Å²) in [5.74, 6) is 2.70.